The Bertz CT molecular complexity index is 1270. The van der Waals surface area contributed by atoms with E-state index in [1.54, 1.807) is 19.5 Å². The molecule has 0 radical (unpaired) electrons. The minimum absolute atomic E-state index is 0.0164. The SMILES string of the molecule is COc1ccc(Nc2ncccc2C(=O)N2CCC[C@@H](Cc3cn4ccnc4cn3)CC2)cc1. The van der Waals surface area contributed by atoms with Crippen molar-refractivity contribution in [1.82, 2.24) is 24.3 Å². The van der Waals surface area contributed by atoms with Crippen LogP contribution in [0, 0.1) is 5.92 Å². The number of nitrogens with zero attached hydrogens (tertiary/aromatic N) is 5. The van der Waals surface area contributed by atoms with E-state index >= 15 is 0 Å². The van der Waals surface area contributed by atoms with Gasteiger partial charge < -0.3 is 19.4 Å². The van der Waals surface area contributed by atoms with E-state index in [0.29, 0.717) is 17.3 Å². The number of likely N-dealkylation sites (tertiary alicyclic amines) is 1. The van der Waals surface area contributed by atoms with Crippen LogP contribution in [0.4, 0.5) is 11.5 Å². The maximum Gasteiger partial charge on any atom is 0.257 e. The fourth-order valence-corrected chi connectivity index (χ4v) is 4.50. The van der Waals surface area contributed by atoms with Crippen LogP contribution in [-0.4, -0.2) is 50.4 Å². The third-order valence-corrected chi connectivity index (χ3v) is 6.36. The van der Waals surface area contributed by atoms with Gasteiger partial charge in [0.1, 0.15) is 11.6 Å². The van der Waals surface area contributed by atoms with Gasteiger partial charge in [0.15, 0.2) is 5.65 Å². The van der Waals surface area contributed by atoms with E-state index in [0.717, 1.165) is 61.6 Å². The summed E-state index contributed by atoms with van der Waals surface area (Å²) in [4.78, 5) is 28.7. The normalized spacial score (nSPS) is 16.3. The number of hydrogen-bond acceptors (Lipinski definition) is 6. The zero-order chi connectivity index (χ0) is 23.3. The van der Waals surface area contributed by atoms with Gasteiger partial charge in [-0.25, -0.2) is 9.97 Å². The highest BCUT2D eigenvalue weighted by Crippen LogP contribution is 2.25. The number of carbonyl (C=O) groups excluding carboxylic acids is 1. The molecule has 174 valence electrons. The maximum absolute atomic E-state index is 13.4. The standard InChI is InChI=1S/C26H28N6O2/c1-34-22-8-6-20(7-9-22)30-25-23(5-2-11-28-25)26(33)31-13-3-4-19(10-14-31)16-21-18-32-15-12-27-24(32)17-29-21/h2,5-9,11-12,15,17-19H,3-4,10,13-14,16H2,1H3,(H,28,30)/t19-/m1/s1. The highest BCUT2D eigenvalue weighted by atomic mass is 16.5. The molecule has 4 aromatic rings. The number of ether oxygens (including phenoxy) is 1. The van der Waals surface area contributed by atoms with E-state index in [1.807, 2.05) is 58.1 Å². The summed E-state index contributed by atoms with van der Waals surface area (Å²) >= 11 is 0. The van der Waals surface area contributed by atoms with Gasteiger partial charge in [0.05, 0.1) is 24.6 Å². The van der Waals surface area contributed by atoms with Gasteiger partial charge in [-0.2, -0.15) is 0 Å². The number of anilines is 2. The lowest BCUT2D eigenvalue weighted by molar-refractivity contribution is 0.0760. The molecule has 0 aliphatic carbocycles. The van der Waals surface area contributed by atoms with Crippen LogP contribution in [0.2, 0.25) is 0 Å². The molecule has 0 bridgehead atoms. The summed E-state index contributed by atoms with van der Waals surface area (Å²) in [5.74, 6) is 1.86. The first kappa shape index (κ1) is 21.9. The number of rotatable bonds is 6. The van der Waals surface area contributed by atoms with Crippen molar-refractivity contribution < 1.29 is 9.53 Å². The van der Waals surface area contributed by atoms with Crippen molar-refractivity contribution in [3.05, 3.63) is 78.6 Å². The maximum atomic E-state index is 13.4. The van der Waals surface area contributed by atoms with Crippen LogP contribution in [0.25, 0.3) is 5.65 Å². The number of pyridine rings is 1. The summed E-state index contributed by atoms with van der Waals surface area (Å²) < 4.78 is 7.23. The number of nitrogens with one attached hydrogen (secondary N) is 1. The number of amides is 1. The van der Waals surface area contributed by atoms with Crippen LogP contribution in [0.1, 0.15) is 35.3 Å². The molecule has 1 aliphatic heterocycles. The van der Waals surface area contributed by atoms with Gasteiger partial charge in [0.25, 0.3) is 5.91 Å². The Morgan fingerprint density at radius 3 is 2.82 bits per heavy atom. The van der Waals surface area contributed by atoms with Crippen molar-refractivity contribution in [2.75, 3.05) is 25.5 Å². The molecule has 3 aromatic heterocycles. The van der Waals surface area contributed by atoms with Gasteiger partial charge >= 0.3 is 0 Å². The van der Waals surface area contributed by atoms with Crippen LogP contribution >= 0.6 is 0 Å². The lowest BCUT2D eigenvalue weighted by atomic mass is 9.95. The molecule has 8 heteroatoms. The Hall–Kier alpha value is -3.94. The highest BCUT2D eigenvalue weighted by Gasteiger charge is 2.24. The molecule has 1 atom stereocenters. The molecule has 0 saturated carbocycles. The molecule has 1 fully saturated rings. The Balaban J connectivity index is 1.25. The fraction of sp³-hybridized carbons (Fsp3) is 0.308. The number of hydrogen-bond donors (Lipinski definition) is 1. The molecule has 34 heavy (non-hydrogen) atoms. The van der Waals surface area contributed by atoms with E-state index < -0.39 is 0 Å². The summed E-state index contributed by atoms with van der Waals surface area (Å²) in [5, 5.41) is 3.28. The second-order valence-electron chi connectivity index (χ2n) is 8.62. The predicted octanol–water partition coefficient (Wildman–Crippen LogP) is 4.36. The molecule has 1 aromatic carbocycles. The third-order valence-electron chi connectivity index (χ3n) is 6.36. The molecule has 1 N–H and O–H groups in total. The van der Waals surface area contributed by atoms with Crippen LogP contribution in [0.15, 0.2) is 67.4 Å². The van der Waals surface area contributed by atoms with Gasteiger partial charge in [-0.15, -0.1) is 0 Å². The van der Waals surface area contributed by atoms with Crippen molar-refractivity contribution >= 4 is 23.1 Å². The molecule has 1 saturated heterocycles. The molecular weight excluding hydrogens is 428 g/mol. The average Bonchev–Trinajstić information content (AvgIpc) is 3.22. The second-order valence-corrected chi connectivity index (χ2v) is 8.62. The molecule has 5 rings (SSSR count). The second kappa shape index (κ2) is 9.91. The molecule has 0 spiro atoms. The molecule has 8 nitrogen and oxygen atoms in total. The largest absolute Gasteiger partial charge is 0.497 e. The Morgan fingerprint density at radius 1 is 1.09 bits per heavy atom. The van der Waals surface area contributed by atoms with E-state index in [-0.39, 0.29) is 5.91 Å². The smallest absolute Gasteiger partial charge is 0.257 e. The van der Waals surface area contributed by atoms with Crippen molar-refractivity contribution in [3.63, 3.8) is 0 Å². The lowest BCUT2D eigenvalue weighted by Crippen LogP contribution is -2.32. The van der Waals surface area contributed by atoms with Crippen LogP contribution in [-0.2, 0) is 6.42 Å². The van der Waals surface area contributed by atoms with Gasteiger partial charge in [0, 0.05) is 43.6 Å². The van der Waals surface area contributed by atoms with E-state index in [2.05, 4.69) is 26.5 Å². The van der Waals surface area contributed by atoms with Crippen molar-refractivity contribution in [1.29, 1.82) is 0 Å². The third kappa shape index (κ3) is 4.85. The van der Waals surface area contributed by atoms with Gasteiger partial charge in [-0.1, -0.05) is 0 Å². The van der Waals surface area contributed by atoms with Crippen LogP contribution in [0.3, 0.4) is 0 Å². The number of benzene rings is 1. The zero-order valence-electron chi connectivity index (χ0n) is 19.2. The Kier molecular flexibility index (Phi) is 6.38. The summed E-state index contributed by atoms with van der Waals surface area (Å²) in [6.45, 7) is 1.48. The molecule has 1 aliphatic rings. The lowest BCUT2D eigenvalue weighted by Gasteiger charge is -2.22. The monoisotopic (exact) mass is 456 g/mol. The molecular formula is C26H28N6O2. The summed E-state index contributed by atoms with van der Waals surface area (Å²) in [6, 6.07) is 11.2. The first-order chi connectivity index (χ1) is 16.7. The first-order valence-electron chi connectivity index (χ1n) is 11.6. The van der Waals surface area contributed by atoms with E-state index in [4.69, 9.17) is 4.74 Å². The quantitative estimate of drug-likeness (QED) is 0.464. The predicted molar refractivity (Wildman–Crippen MR) is 130 cm³/mol. The topological polar surface area (TPSA) is 84.7 Å². The minimum Gasteiger partial charge on any atom is -0.497 e. The Labute approximate surface area is 198 Å². The number of imidazole rings is 1. The summed E-state index contributed by atoms with van der Waals surface area (Å²) in [7, 11) is 1.64. The average molecular weight is 457 g/mol. The molecule has 1 amide bonds. The van der Waals surface area contributed by atoms with Crippen LogP contribution in [0.5, 0.6) is 5.75 Å². The highest BCUT2D eigenvalue weighted by molar-refractivity contribution is 5.99. The molecule has 4 heterocycles. The van der Waals surface area contributed by atoms with Gasteiger partial charge in [-0.05, 0) is 68.0 Å². The number of carbonyl (C=O) groups is 1. The minimum atomic E-state index is 0.0164. The fourth-order valence-electron chi connectivity index (χ4n) is 4.50. The number of fused-ring (bicyclic) bond motifs is 1. The zero-order valence-corrected chi connectivity index (χ0v) is 19.2. The number of aromatic nitrogens is 4. The molecule has 0 unspecified atom stereocenters. The van der Waals surface area contributed by atoms with Crippen molar-refractivity contribution in [3.8, 4) is 5.75 Å². The van der Waals surface area contributed by atoms with E-state index in [1.165, 1.54) is 0 Å². The van der Waals surface area contributed by atoms with Crippen molar-refractivity contribution in [2.24, 2.45) is 5.92 Å². The summed E-state index contributed by atoms with van der Waals surface area (Å²) in [5.41, 5.74) is 3.36. The number of methoxy groups -OCH3 is 1. The van der Waals surface area contributed by atoms with Gasteiger partial charge in [-0.3, -0.25) is 9.78 Å². The van der Waals surface area contributed by atoms with Crippen LogP contribution < -0.4 is 10.1 Å². The Morgan fingerprint density at radius 2 is 1.97 bits per heavy atom. The van der Waals surface area contributed by atoms with Gasteiger partial charge in [0.2, 0.25) is 0 Å². The van der Waals surface area contributed by atoms with E-state index in [9.17, 15) is 4.79 Å². The van der Waals surface area contributed by atoms with Crippen molar-refractivity contribution in [2.45, 2.75) is 25.7 Å². The summed E-state index contributed by atoms with van der Waals surface area (Å²) in [6.07, 6.45) is 13.2. The first-order valence-corrected chi connectivity index (χ1v) is 11.6.